The number of hydrogen-bond acceptors (Lipinski definition) is 2. The van der Waals surface area contributed by atoms with E-state index in [2.05, 4.69) is 36.9 Å². The van der Waals surface area contributed by atoms with Crippen molar-refractivity contribution in [2.45, 2.75) is 32.6 Å². The number of hydrogen-bond donors (Lipinski definition) is 1. The zero-order valence-electron chi connectivity index (χ0n) is 11.1. The molecule has 0 aromatic heterocycles. The van der Waals surface area contributed by atoms with Crippen LogP contribution >= 0.6 is 0 Å². The fraction of sp³-hybridized carbons (Fsp3) is 0.600. The molecule has 1 aliphatic heterocycles. The lowest BCUT2D eigenvalue weighted by atomic mass is 9.88. The van der Waals surface area contributed by atoms with E-state index >= 15 is 0 Å². The summed E-state index contributed by atoms with van der Waals surface area (Å²) in [4.78, 5) is 2.48. The molecular formula is C15H24N2. The molecule has 0 bridgehead atoms. The van der Waals surface area contributed by atoms with Gasteiger partial charge < -0.3 is 10.6 Å². The summed E-state index contributed by atoms with van der Waals surface area (Å²) in [7, 11) is 0. The third-order valence-corrected chi connectivity index (χ3v) is 4.04. The Morgan fingerprint density at radius 3 is 2.47 bits per heavy atom. The van der Waals surface area contributed by atoms with Gasteiger partial charge in [0, 0.05) is 13.1 Å². The summed E-state index contributed by atoms with van der Waals surface area (Å²) in [5.41, 5.74) is 9.95. The summed E-state index contributed by atoms with van der Waals surface area (Å²) in [5.74, 6) is 0.753. The van der Waals surface area contributed by atoms with Gasteiger partial charge in [0.15, 0.2) is 0 Å². The molecule has 1 heterocycles. The molecule has 1 saturated heterocycles. The molecule has 0 amide bonds. The molecule has 17 heavy (non-hydrogen) atoms. The van der Waals surface area contributed by atoms with Crippen LogP contribution < -0.4 is 5.73 Å². The average molecular weight is 232 g/mol. The van der Waals surface area contributed by atoms with Crippen LogP contribution in [0.1, 0.15) is 35.4 Å². The van der Waals surface area contributed by atoms with Crippen LogP contribution in [0.5, 0.6) is 0 Å². The van der Waals surface area contributed by atoms with Gasteiger partial charge in [0.1, 0.15) is 0 Å². The molecule has 1 aliphatic rings. The predicted molar refractivity (Wildman–Crippen MR) is 73.4 cm³/mol. The van der Waals surface area contributed by atoms with Crippen LogP contribution in [0.4, 0.5) is 0 Å². The topological polar surface area (TPSA) is 29.3 Å². The van der Waals surface area contributed by atoms with Crippen LogP contribution in [-0.2, 0) is 0 Å². The van der Waals surface area contributed by atoms with Crippen molar-refractivity contribution < 1.29 is 0 Å². The highest BCUT2D eigenvalue weighted by molar-refractivity contribution is 5.32. The van der Waals surface area contributed by atoms with Crippen molar-refractivity contribution in [3.05, 3.63) is 34.9 Å². The zero-order valence-corrected chi connectivity index (χ0v) is 11.1. The normalized spacial score (nSPS) is 18.5. The average Bonchev–Trinajstić information content (AvgIpc) is 2.34. The lowest BCUT2D eigenvalue weighted by Gasteiger charge is -2.32. The molecule has 0 unspecified atom stereocenters. The Balaban J connectivity index is 1.98. The number of piperidine rings is 1. The SMILES string of the molecule is Cc1ccc(C2CCN(CCN)CC2)cc1C. The van der Waals surface area contributed by atoms with Crippen molar-refractivity contribution in [1.29, 1.82) is 0 Å². The number of likely N-dealkylation sites (tertiary alicyclic amines) is 1. The molecule has 0 atom stereocenters. The van der Waals surface area contributed by atoms with E-state index in [1.165, 1.54) is 42.6 Å². The van der Waals surface area contributed by atoms with E-state index in [0.29, 0.717) is 0 Å². The first-order valence-electron chi connectivity index (χ1n) is 6.70. The largest absolute Gasteiger partial charge is 0.329 e. The monoisotopic (exact) mass is 232 g/mol. The summed E-state index contributed by atoms with van der Waals surface area (Å²) in [6.45, 7) is 8.64. The second kappa shape index (κ2) is 5.65. The third-order valence-electron chi connectivity index (χ3n) is 4.04. The Morgan fingerprint density at radius 1 is 1.18 bits per heavy atom. The number of benzene rings is 1. The molecule has 0 saturated carbocycles. The second-order valence-electron chi connectivity index (χ2n) is 5.25. The smallest absolute Gasteiger partial charge is 0.0105 e. The fourth-order valence-corrected chi connectivity index (χ4v) is 2.69. The Hall–Kier alpha value is -0.860. The first-order valence-corrected chi connectivity index (χ1v) is 6.70. The van der Waals surface area contributed by atoms with Gasteiger partial charge in [-0.2, -0.15) is 0 Å². The molecule has 2 rings (SSSR count). The molecule has 94 valence electrons. The summed E-state index contributed by atoms with van der Waals surface area (Å²) >= 11 is 0. The van der Waals surface area contributed by atoms with Gasteiger partial charge in [-0.3, -0.25) is 0 Å². The first-order chi connectivity index (χ1) is 8.20. The minimum atomic E-state index is 0.753. The summed E-state index contributed by atoms with van der Waals surface area (Å²) < 4.78 is 0. The van der Waals surface area contributed by atoms with Crippen LogP contribution in [0.2, 0.25) is 0 Å². The van der Waals surface area contributed by atoms with Crippen LogP contribution in [0, 0.1) is 13.8 Å². The molecule has 2 N–H and O–H groups in total. The summed E-state index contributed by atoms with van der Waals surface area (Å²) in [6, 6.07) is 6.95. The molecular weight excluding hydrogens is 208 g/mol. The van der Waals surface area contributed by atoms with Crippen molar-refractivity contribution in [2.24, 2.45) is 5.73 Å². The highest BCUT2D eigenvalue weighted by Crippen LogP contribution is 2.28. The number of nitrogens with zero attached hydrogens (tertiary/aromatic N) is 1. The van der Waals surface area contributed by atoms with E-state index in [0.717, 1.165) is 19.0 Å². The zero-order chi connectivity index (χ0) is 12.3. The quantitative estimate of drug-likeness (QED) is 0.867. The summed E-state index contributed by atoms with van der Waals surface area (Å²) in [5, 5.41) is 0. The lowest BCUT2D eigenvalue weighted by molar-refractivity contribution is 0.218. The van der Waals surface area contributed by atoms with Crippen molar-refractivity contribution in [3.8, 4) is 0 Å². The maximum absolute atomic E-state index is 5.60. The molecule has 1 aromatic rings. The molecule has 0 spiro atoms. The van der Waals surface area contributed by atoms with Crippen LogP contribution in [0.3, 0.4) is 0 Å². The van der Waals surface area contributed by atoms with Crippen molar-refractivity contribution in [2.75, 3.05) is 26.2 Å². The molecule has 1 fully saturated rings. The van der Waals surface area contributed by atoms with Gasteiger partial charge in [-0.1, -0.05) is 18.2 Å². The van der Waals surface area contributed by atoms with Crippen LogP contribution in [-0.4, -0.2) is 31.1 Å². The minimum Gasteiger partial charge on any atom is -0.329 e. The van der Waals surface area contributed by atoms with Gasteiger partial charge in [0.25, 0.3) is 0 Å². The minimum absolute atomic E-state index is 0.753. The van der Waals surface area contributed by atoms with Crippen molar-refractivity contribution in [1.82, 2.24) is 4.90 Å². The van der Waals surface area contributed by atoms with Gasteiger partial charge in [-0.05, 0) is 62.4 Å². The predicted octanol–water partition coefficient (Wildman–Crippen LogP) is 2.44. The van der Waals surface area contributed by atoms with Crippen LogP contribution in [0.25, 0.3) is 0 Å². The summed E-state index contributed by atoms with van der Waals surface area (Å²) in [6.07, 6.45) is 2.56. The van der Waals surface area contributed by atoms with Gasteiger partial charge >= 0.3 is 0 Å². The Labute approximate surface area is 105 Å². The van der Waals surface area contributed by atoms with E-state index < -0.39 is 0 Å². The standard InChI is InChI=1S/C15H24N2/c1-12-3-4-15(11-13(12)2)14-5-8-17(9-6-14)10-7-16/h3-4,11,14H,5-10,16H2,1-2H3. The number of rotatable bonds is 3. The van der Waals surface area contributed by atoms with Crippen LogP contribution in [0.15, 0.2) is 18.2 Å². The molecule has 0 aliphatic carbocycles. The number of aryl methyl sites for hydroxylation is 2. The second-order valence-corrected chi connectivity index (χ2v) is 5.25. The molecule has 2 heteroatoms. The van der Waals surface area contributed by atoms with E-state index in [-0.39, 0.29) is 0 Å². The lowest BCUT2D eigenvalue weighted by Crippen LogP contribution is -2.36. The first kappa shape index (κ1) is 12.6. The number of nitrogens with two attached hydrogens (primary N) is 1. The molecule has 0 radical (unpaired) electrons. The van der Waals surface area contributed by atoms with Gasteiger partial charge in [-0.25, -0.2) is 0 Å². The highest BCUT2D eigenvalue weighted by Gasteiger charge is 2.20. The van der Waals surface area contributed by atoms with E-state index in [1.807, 2.05) is 0 Å². The van der Waals surface area contributed by atoms with E-state index in [4.69, 9.17) is 5.73 Å². The Kier molecular flexibility index (Phi) is 4.19. The van der Waals surface area contributed by atoms with Gasteiger partial charge in [0.2, 0.25) is 0 Å². The highest BCUT2D eigenvalue weighted by atomic mass is 15.1. The van der Waals surface area contributed by atoms with Crippen molar-refractivity contribution >= 4 is 0 Å². The Morgan fingerprint density at radius 2 is 1.88 bits per heavy atom. The van der Waals surface area contributed by atoms with E-state index in [9.17, 15) is 0 Å². The van der Waals surface area contributed by atoms with Gasteiger partial charge in [-0.15, -0.1) is 0 Å². The van der Waals surface area contributed by atoms with Crippen molar-refractivity contribution in [3.63, 3.8) is 0 Å². The molecule has 2 nitrogen and oxygen atoms in total. The Bertz CT molecular complexity index is 365. The molecule has 1 aromatic carbocycles. The van der Waals surface area contributed by atoms with E-state index in [1.54, 1.807) is 0 Å². The maximum Gasteiger partial charge on any atom is 0.0105 e. The van der Waals surface area contributed by atoms with Gasteiger partial charge in [0.05, 0.1) is 0 Å². The maximum atomic E-state index is 5.60. The third kappa shape index (κ3) is 3.08. The fourth-order valence-electron chi connectivity index (χ4n) is 2.69.